The number of thioether (sulfide) groups is 1. The van der Waals surface area contributed by atoms with Crippen LogP contribution in [0.15, 0.2) is 60.7 Å². The minimum Gasteiger partial charge on any atom is -0.480 e. The van der Waals surface area contributed by atoms with E-state index in [9.17, 15) is 24.3 Å². The van der Waals surface area contributed by atoms with Crippen molar-refractivity contribution in [1.29, 1.82) is 0 Å². The summed E-state index contributed by atoms with van der Waals surface area (Å²) in [5, 5.41) is 17.2. The lowest BCUT2D eigenvalue weighted by Crippen LogP contribution is -2.51. The van der Waals surface area contributed by atoms with Crippen LogP contribution >= 0.6 is 11.8 Å². The monoisotopic (exact) mass is 545 g/mol. The average molecular weight is 546 g/mol. The second-order valence-electron chi connectivity index (χ2n) is 8.42. The number of carboxylic acids is 1. The predicted octanol–water partition coefficient (Wildman–Crippen LogP) is 3.70. The molecule has 38 heavy (non-hydrogen) atoms. The van der Waals surface area contributed by atoms with Crippen LogP contribution < -0.4 is 16.0 Å². The smallest absolute Gasteiger partial charge is 0.408 e. The highest BCUT2D eigenvalue weighted by Gasteiger charge is 2.26. The van der Waals surface area contributed by atoms with Gasteiger partial charge in [0.15, 0.2) is 0 Å². The van der Waals surface area contributed by atoms with Gasteiger partial charge < -0.3 is 30.5 Å². The number of benzene rings is 2. The van der Waals surface area contributed by atoms with Crippen molar-refractivity contribution in [3.63, 3.8) is 0 Å². The second kappa shape index (κ2) is 17.7. The summed E-state index contributed by atoms with van der Waals surface area (Å²) in [7, 11) is 0. The third-order valence-corrected chi connectivity index (χ3v) is 6.09. The number of hydrogen-bond acceptors (Lipinski definition) is 7. The lowest BCUT2D eigenvalue weighted by molar-refractivity contribution is -0.142. The quantitative estimate of drug-likeness (QED) is 0.234. The fourth-order valence-corrected chi connectivity index (χ4v) is 3.85. The molecule has 2 atom stereocenters. The normalized spacial score (nSPS) is 12.0. The minimum absolute atomic E-state index is 0.0507. The lowest BCUT2D eigenvalue weighted by atomic mass is 10.1. The van der Waals surface area contributed by atoms with E-state index in [4.69, 9.17) is 9.47 Å². The Labute approximate surface area is 226 Å². The second-order valence-corrected chi connectivity index (χ2v) is 9.41. The molecular weight excluding hydrogens is 510 g/mol. The molecule has 2 rings (SSSR count). The largest absolute Gasteiger partial charge is 0.480 e. The first-order chi connectivity index (χ1) is 18.4. The van der Waals surface area contributed by atoms with E-state index in [1.165, 1.54) is 11.8 Å². The van der Waals surface area contributed by atoms with E-state index >= 15 is 0 Å². The fraction of sp³-hybridized carbons (Fsp3) is 0.407. The zero-order valence-electron chi connectivity index (χ0n) is 21.4. The van der Waals surface area contributed by atoms with Crippen molar-refractivity contribution in [1.82, 2.24) is 16.0 Å². The Balaban J connectivity index is 1.74. The molecule has 2 aromatic carbocycles. The summed E-state index contributed by atoms with van der Waals surface area (Å²) < 4.78 is 10.3. The molecule has 3 amide bonds. The van der Waals surface area contributed by atoms with Gasteiger partial charge in [-0.1, -0.05) is 60.7 Å². The van der Waals surface area contributed by atoms with Crippen molar-refractivity contribution in [2.75, 3.05) is 18.6 Å². The van der Waals surface area contributed by atoms with Gasteiger partial charge in [0.1, 0.15) is 25.3 Å². The average Bonchev–Trinajstić information content (AvgIpc) is 2.93. The number of amides is 3. The molecule has 0 aliphatic carbocycles. The van der Waals surface area contributed by atoms with Gasteiger partial charge in [-0.2, -0.15) is 11.8 Å². The zero-order chi connectivity index (χ0) is 27.6. The predicted molar refractivity (Wildman–Crippen MR) is 145 cm³/mol. The lowest BCUT2D eigenvalue weighted by Gasteiger charge is -2.21. The minimum atomic E-state index is -1.18. The van der Waals surface area contributed by atoms with Crippen LogP contribution in [0.4, 0.5) is 9.59 Å². The van der Waals surface area contributed by atoms with Crippen molar-refractivity contribution >= 4 is 35.8 Å². The highest BCUT2D eigenvalue weighted by molar-refractivity contribution is 7.98. The summed E-state index contributed by atoms with van der Waals surface area (Å²) in [6.45, 7) is 0.513. The Kier molecular flexibility index (Phi) is 14.2. The van der Waals surface area contributed by atoms with Crippen molar-refractivity contribution in [2.45, 2.75) is 51.0 Å². The van der Waals surface area contributed by atoms with E-state index in [0.717, 1.165) is 11.1 Å². The van der Waals surface area contributed by atoms with Crippen molar-refractivity contribution in [3.8, 4) is 0 Å². The molecule has 2 aromatic rings. The van der Waals surface area contributed by atoms with Gasteiger partial charge in [0.05, 0.1) is 0 Å². The number of unbranched alkanes of at least 4 members (excludes halogenated alkanes) is 1. The van der Waals surface area contributed by atoms with Crippen molar-refractivity contribution in [3.05, 3.63) is 71.8 Å². The highest BCUT2D eigenvalue weighted by atomic mass is 32.2. The maximum Gasteiger partial charge on any atom is 0.408 e. The topological polar surface area (TPSA) is 143 Å². The molecule has 0 aliphatic heterocycles. The number of ether oxygens (including phenoxy) is 2. The van der Waals surface area contributed by atoms with Crippen LogP contribution in [0.1, 0.15) is 36.8 Å². The van der Waals surface area contributed by atoms with Crippen molar-refractivity contribution < 1.29 is 33.8 Å². The van der Waals surface area contributed by atoms with Gasteiger partial charge in [-0.25, -0.2) is 14.4 Å². The number of rotatable bonds is 16. The van der Waals surface area contributed by atoms with E-state index < -0.39 is 36.1 Å². The summed E-state index contributed by atoms with van der Waals surface area (Å²) >= 11 is 1.50. The van der Waals surface area contributed by atoms with E-state index in [0.29, 0.717) is 31.6 Å². The molecule has 0 radical (unpaired) electrons. The molecule has 0 spiro atoms. The first-order valence-electron chi connectivity index (χ1n) is 12.3. The van der Waals surface area contributed by atoms with Gasteiger partial charge in [-0.05, 0) is 48.8 Å². The molecule has 0 heterocycles. The summed E-state index contributed by atoms with van der Waals surface area (Å²) in [4.78, 5) is 48.6. The zero-order valence-corrected chi connectivity index (χ0v) is 22.2. The summed E-state index contributed by atoms with van der Waals surface area (Å²) in [5.74, 6) is -1.18. The molecule has 0 unspecified atom stereocenters. The molecule has 0 bridgehead atoms. The summed E-state index contributed by atoms with van der Waals surface area (Å²) in [6.07, 6.45) is 1.97. The molecular formula is C27H35N3O7S. The molecule has 10 nitrogen and oxygen atoms in total. The molecule has 0 aliphatic rings. The molecule has 0 saturated heterocycles. The van der Waals surface area contributed by atoms with E-state index in [2.05, 4.69) is 16.0 Å². The molecule has 0 fully saturated rings. The van der Waals surface area contributed by atoms with E-state index in [-0.39, 0.29) is 19.6 Å². The van der Waals surface area contributed by atoms with Crippen LogP contribution in [-0.4, -0.2) is 59.8 Å². The third kappa shape index (κ3) is 12.5. The highest BCUT2D eigenvalue weighted by Crippen LogP contribution is 2.07. The first-order valence-corrected chi connectivity index (χ1v) is 13.7. The van der Waals surface area contributed by atoms with E-state index in [1.54, 1.807) is 0 Å². The molecule has 11 heteroatoms. The van der Waals surface area contributed by atoms with Gasteiger partial charge in [-0.15, -0.1) is 0 Å². The van der Waals surface area contributed by atoms with Crippen LogP contribution in [0.5, 0.6) is 0 Å². The Bertz CT molecular complexity index is 1010. The number of carbonyl (C=O) groups is 4. The van der Waals surface area contributed by atoms with Crippen LogP contribution in [-0.2, 0) is 32.3 Å². The van der Waals surface area contributed by atoms with Gasteiger partial charge in [0, 0.05) is 6.54 Å². The summed E-state index contributed by atoms with van der Waals surface area (Å²) in [6, 6.07) is 16.3. The summed E-state index contributed by atoms with van der Waals surface area (Å²) in [5.41, 5.74) is 1.68. The van der Waals surface area contributed by atoms with Crippen LogP contribution in [0, 0.1) is 0 Å². The fourth-order valence-electron chi connectivity index (χ4n) is 3.38. The van der Waals surface area contributed by atoms with Gasteiger partial charge in [0.2, 0.25) is 5.91 Å². The van der Waals surface area contributed by atoms with Crippen molar-refractivity contribution in [2.24, 2.45) is 0 Å². The maximum absolute atomic E-state index is 12.8. The van der Waals surface area contributed by atoms with Gasteiger partial charge >= 0.3 is 18.2 Å². The number of nitrogens with one attached hydrogen (secondary N) is 3. The molecule has 0 saturated carbocycles. The number of alkyl carbamates (subject to hydrolysis) is 2. The van der Waals surface area contributed by atoms with Crippen LogP contribution in [0.2, 0.25) is 0 Å². The molecule has 0 aromatic heterocycles. The van der Waals surface area contributed by atoms with E-state index in [1.807, 2.05) is 66.9 Å². The third-order valence-electron chi connectivity index (χ3n) is 5.45. The standard InChI is InChI=1S/C27H35N3O7S/c1-38-17-15-22(30-27(35)37-19-21-12-6-3-7-13-21)24(31)29-23(25(32)33)14-8-9-16-28-26(34)36-18-20-10-4-2-5-11-20/h2-7,10-13,22-23H,8-9,14-19H2,1H3,(H,28,34)(H,29,31)(H,30,35)(H,32,33)/t22-,23-/m1/s1. The van der Waals surface area contributed by atoms with Crippen LogP contribution in [0.3, 0.4) is 0 Å². The van der Waals surface area contributed by atoms with Gasteiger partial charge in [-0.3, -0.25) is 4.79 Å². The Morgan fingerprint density at radius 1 is 0.789 bits per heavy atom. The number of hydrogen-bond donors (Lipinski definition) is 4. The SMILES string of the molecule is CSCC[C@@H](NC(=O)OCc1ccccc1)C(=O)N[C@H](CCCCNC(=O)OCc1ccccc1)C(=O)O. The maximum atomic E-state index is 12.8. The number of carboxylic acid groups (broad SMARTS) is 1. The molecule has 4 N–H and O–H groups in total. The number of carbonyl (C=O) groups excluding carboxylic acids is 3. The Hall–Kier alpha value is -3.73. The Morgan fingerprint density at radius 3 is 1.92 bits per heavy atom. The van der Waals surface area contributed by atoms with Crippen LogP contribution in [0.25, 0.3) is 0 Å². The number of aliphatic carboxylic acids is 1. The van der Waals surface area contributed by atoms with Gasteiger partial charge in [0.25, 0.3) is 0 Å². The molecule has 206 valence electrons. The Morgan fingerprint density at radius 2 is 1.37 bits per heavy atom. The first kappa shape index (κ1) is 30.5.